The first kappa shape index (κ1) is 17.7. The third-order valence-electron chi connectivity index (χ3n) is 5.12. The van der Waals surface area contributed by atoms with E-state index in [1.807, 2.05) is 12.1 Å². The zero-order valence-corrected chi connectivity index (χ0v) is 14.6. The molecule has 0 spiro atoms. The number of likely N-dealkylation sites (tertiary alicyclic amines) is 1. The number of carbonyl (C=O) groups is 2. The van der Waals surface area contributed by atoms with Crippen LogP contribution in [0.15, 0.2) is 18.2 Å². The second-order valence-electron chi connectivity index (χ2n) is 6.82. The lowest BCUT2D eigenvalue weighted by molar-refractivity contribution is -0.140. The average Bonchev–Trinajstić information content (AvgIpc) is 3.01. The van der Waals surface area contributed by atoms with Crippen molar-refractivity contribution in [1.82, 2.24) is 4.90 Å². The molecule has 2 atom stereocenters. The summed E-state index contributed by atoms with van der Waals surface area (Å²) in [7, 11) is 1.58. The van der Waals surface area contributed by atoms with E-state index in [2.05, 4.69) is 6.07 Å². The van der Waals surface area contributed by atoms with Gasteiger partial charge in [-0.05, 0) is 55.4 Å². The number of methoxy groups -OCH3 is 1. The number of amides is 1. The summed E-state index contributed by atoms with van der Waals surface area (Å²) in [4.78, 5) is 25.1. The third kappa shape index (κ3) is 4.31. The highest BCUT2D eigenvalue weighted by Gasteiger charge is 2.36. The van der Waals surface area contributed by atoms with Gasteiger partial charge in [-0.3, -0.25) is 9.59 Å². The molecule has 0 bridgehead atoms. The number of hydrogen-bond acceptors (Lipinski definition) is 4. The van der Waals surface area contributed by atoms with Crippen LogP contribution in [0.4, 0.5) is 0 Å². The average molecular weight is 347 g/mol. The summed E-state index contributed by atoms with van der Waals surface area (Å²) in [5.74, 6) is -0.398. The smallest absolute Gasteiger partial charge is 0.305 e. The summed E-state index contributed by atoms with van der Waals surface area (Å²) in [6.45, 7) is 0.339. The summed E-state index contributed by atoms with van der Waals surface area (Å²) in [6, 6.07) is 5.69. The summed E-state index contributed by atoms with van der Waals surface area (Å²) in [5, 5.41) is 9.04. The molecule has 1 fully saturated rings. The molecular formula is C19H25NO5. The SMILES string of the molecule is COC1CC(CC(=O)O)N(C(=O)COc2ccc3c(c2)CCCC3)C1. The number of carbonyl (C=O) groups excluding carboxylic acids is 1. The van der Waals surface area contributed by atoms with Gasteiger partial charge in [0, 0.05) is 19.7 Å². The molecule has 3 rings (SSSR count). The fourth-order valence-corrected chi connectivity index (χ4v) is 3.77. The van der Waals surface area contributed by atoms with Crippen molar-refractivity contribution < 1.29 is 24.2 Å². The molecule has 136 valence electrons. The number of benzene rings is 1. The fraction of sp³-hybridized carbons (Fsp3) is 0.579. The minimum atomic E-state index is -0.907. The molecule has 2 aliphatic rings. The lowest BCUT2D eigenvalue weighted by atomic mass is 9.92. The van der Waals surface area contributed by atoms with Crippen molar-refractivity contribution in [3.05, 3.63) is 29.3 Å². The van der Waals surface area contributed by atoms with Gasteiger partial charge in [0.2, 0.25) is 0 Å². The highest BCUT2D eigenvalue weighted by molar-refractivity contribution is 5.79. The maximum atomic E-state index is 12.5. The van der Waals surface area contributed by atoms with Crippen LogP contribution in [0, 0.1) is 0 Å². The molecule has 1 aliphatic heterocycles. The van der Waals surface area contributed by atoms with E-state index >= 15 is 0 Å². The van der Waals surface area contributed by atoms with E-state index in [0.29, 0.717) is 18.7 Å². The predicted octanol–water partition coefficient (Wildman–Crippen LogP) is 2.03. The quantitative estimate of drug-likeness (QED) is 0.852. The molecule has 0 radical (unpaired) electrons. The Balaban J connectivity index is 1.60. The van der Waals surface area contributed by atoms with Crippen LogP contribution in [-0.2, 0) is 27.2 Å². The standard InChI is InChI=1S/C19H25NO5/c1-24-17-9-15(10-19(22)23)20(11-17)18(21)12-25-16-7-6-13-4-2-3-5-14(13)8-16/h6-8,15,17H,2-5,9-12H2,1H3,(H,22,23). The topological polar surface area (TPSA) is 76.1 Å². The van der Waals surface area contributed by atoms with Crippen molar-refractivity contribution in [2.75, 3.05) is 20.3 Å². The summed E-state index contributed by atoms with van der Waals surface area (Å²) in [5.41, 5.74) is 2.68. The monoisotopic (exact) mass is 347 g/mol. The number of carboxylic acids is 1. The van der Waals surface area contributed by atoms with E-state index in [4.69, 9.17) is 14.6 Å². The molecule has 25 heavy (non-hydrogen) atoms. The Morgan fingerprint density at radius 3 is 2.72 bits per heavy atom. The molecule has 0 saturated carbocycles. The van der Waals surface area contributed by atoms with Crippen molar-refractivity contribution in [2.45, 2.75) is 50.7 Å². The Bertz CT molecular complexity index is 645. The highest BCUT2D eigenvalue weighted by Crippen LogP contribution is 2.26. The van der Waals surface area contributed by atoms with E-state index in [9.17, 15) is 9.59 Å². The highest BCUT2D eigenvalue weighted by atomic mass is 16.5. The zero-order chi connectivity index (χ0) is 17.8. The molecule has 1 aromatic carbocycles. The van der Waals surface area contributed by atoms with Crippen molar-refractivity contribution in [1.29, 1.82) is 0 Å². The maximum absolute atomic E-state index is 12.5. The first-order valence-corrected chi connectivity index (χ1v) is 8.85. The normalized spacial score (nSPS) is 22.5. The lowest BCUT2D eigenvalue weighted by Gasteiger charge is -2.23. The molecule has 1 aliphatic carbocycles. The predicted molar refractivity (Wildman–Crippen MR) is 91.7 cm³/mol. The molecule has 6 nitrogen and oxygen atoms in total. The van der Waals surface area contributed by atoms with Crippen LogP contribution < -0.4 is 4.74 Å². The molecular weight excluding hydrogens is 322 g/mol. The minimum absolute atomic E-state index is 0.0650. The van der Waals surface area contributed by atoms with Crippen molar-refractivity contribution in [3.8, 4) is 5.75 Å². The number of rotatable bonds is 6. The summed E-state index contributed by atoms with van der Waals surface area (Å²) in [6.07, 6.45) is 4.96. The van der Waals surface area contributed by atoms with Crippen LogP contribution in [-0.4, -0.2) is 54.3 Å². The molecule has 1 amide bonds. The lowest BCUT2D eigenvalue weighted by Crippen LogP contribution is -2.40. The van der Waals surface area contributed by atoms with Crippen molar-refractivity contribution >= 4 is 11.9 Å². The van der Waals surface area contributed by atoms with Crippen LogP contribution in [0.1, 0.15) is 36.8 Å². The van der Waals surface area contributed by atoms with E-state index in [1.54, 1.807) is 12.0 Å². The Morgan fingerprint density at radius 2 is 2.00 bits per heavy atom. The molecule has 6 heteroatoms. The van der Waals surface area contributed by atoms with Gasteiger partial charge < -0.3 is 19.5 Å². The van der Waals surface area contributed by atoms with Crippen molar-refractivity contribution in [2.24, 2.45) is 0 Å². The van der Waals surface area contributed by atoms with Gasteiger partial charge in [0.25, 0.3) is 5.91 Å². The Morgan fingerprint density at radius 1 is 1.24 bits per heavy atom. The number of aliphatic carboxylic acids is 1. The van der Waals surface area contributed by atoms with E-state index in [1.165, 1.54) is 24.0 Å². The van der Waals surface area contributed by atoms with E-state index in [-0.39, 0.29) is 31.1 Å². The van der Waals surface area contributed by atoms with Crippen LogP contribution in [0.5, 0.6) is 5.75 Å². The number of ether oxygens (including phenoxy) is 2. The van der Waals surface area contributed by atoms with Gasteiger partial charge in [0.15, 0.2) is 6.61 Å². The third-order valence-corrected chi connectivity index (χ3v) is 5.12. The number of aryl methyl sites for hydroxylation is 2. The summed E-state index contributed by atoms with van der Waals surface area (Å²) >= 11 is 0. The van der Waals surface area contributed by atoms with Gasteiger partial charge in [-0.15, -0.1) is 0 Å². The van der Waals surface area contributed by atoms with Gasteiger partial charge in [0.1, 0.15) is 5.75 Å². The number of hydrogen-bond donors (Lipinski definition) is 1. The fourth-order valence-electron chi connectivity index (χ4n) is 3.77. The second kappa shape index (κ2) is 7.87. The molecule has 0 aromatic heterocycles. The second-order valence-corrected chi connectivity index (χ2v) is 6.82. The summed E-state index contributed by atoms with van der Waals surface area (Å²) < 4.78 is 11.0. The number of fused-ring (bicyclic) bond motifs is 1. The Hall–Kier alpha value is -2.08. The van der Waals surface area contributed by atoms with Crippen LogP contribution in [0.2, 0.25) is 0 Å². The van der Waals surface area contributed by atoms with Crippen LogP contribution >= 0.6 is 0 Å². The van der Waals surface area contributed by atoms with Crippen LogP contribution in [0.3, 0.4) is 0 Å². The molecule has 1 aromatic rings. The Labute approximate surface area is 147 Å². The van der Waals surface area contributed by atoms with Gasteiger partial charge in [-0.1, -0.05) is 6.07 Å². The van der Waals surface area contributed by atoms with Gasteiger partial charge >= 0.3 is 5.97 Å². The van der Waals surface area contributed by atoms with Gasteiger partial charge in [0.05, 0.1) is 12.5 Å². The molecule has 1 heterocycles. The molecule has 2 unspecified atom stereocenters. The van der Waals surface area contributed by atoms with Gasteiger partial charge in [-0.2, -0.15) is 0 Å². The van der Waals surface area contributed by atoms with E-state index < -0.39 is 5.97 Å². The maximum Gasteiger partial charge on any atom is 0.305 e. The molecule has 1 saturated heterocycles. The van der Waals surface area contributed by atoms with Gasteiger partial charge in [-0.25, -0.2) is 0 Å². The van der Waals surface area contributed by atoms with Crippen molar-refractivity contribution in [3.63, 3.8) is 0 Å². The van der Waals surface area contributed by atoms with Crippen LogP contribution in [0.25, 0.3) is 0 Å². The number of carboxylic acid groups (broad SMARTS) is 1. The first-order chi connectivity index (χ1) is 12.1. The Kier molecular flexibility index (Phi) is 5.58. The largest absolute Gasteiger partial charge is 0.484 e. The van der Waals surface area contributed by atoms with E-state index in [0.717, 1.165) is 12.8 Å². The minimum Gasteiger partial charge on any atom is -0.484 e. The zero-order valence-electron chi connectivity index (χ0n) is 14.6. The first-order valence-electron chi connectivity index (χ1n) is 8.85. The molecule has 1 N–H and O–H groups in total. The number of nitrogens with zero attached hydrogens (tertiary/aromatic N) is 1.